The summed E-state index contributed by atoms with van der Waals surface area (Å²) >= 11 is 0. The molecule has 0 aliphatic heterocycles. The molecule has 0 atom stereocenters. The van der Waals surface area contributed by atoms with E-state index >= 15 is 0 Å². The Balaban J connectivity index is 2.12. The molecule has 4 N–H and O–H groups in total. The highest BCUT2D eigenvalue weighted by Gasteiger charge is 2.11. The molecular formula is C17H19N3O4S. The van der Waals surface area contributed by atoms with Gasteiger partial charge in [-0.05, 0) is 42.5 Å². The summed E-state index contributed by atoms with van der Waals surface area (Å²) in [6.45, 7) is 3.55. The summed E-state index contributed by atoms with van der Waals surface area (Å²) in [5, 5.41) is 10.4. The van der Waals surface area contributed by atoms with Crippen LogP contribution in [-0.4, -0.2) is 20.2 Å². The Kier molecular flexibility index (Phi) is 5.55. The van der Waals surface area contributed by atoms with E-state index in [0.29, 0.717) is 16.9 Å². The summed E-state index contributed by atoms with van der Waals surface area (Å²) in [6, 6.07) is 12.0. The SMILES string of the molecule is CC(C)C(=O)Nc1cccc(C(=O)Nc2ccc(S(N)(=O)=O)cc2)c1. The number of anilines is 2. The van der Waals surface area contributed by atoms with Crippen molar-refractivity contribution in [1.82, 2.24) is 0 Å². The monoisotopic (exact) mass is 361 g/mol. The first kappa shape index (κ1) is 18.6. The van der Waals surface area contributed by atoms with Gasteiger partial charge in [0.25, 0.3) is 5.91 Å². The van der Waals surface area contributed by atoms with Crippen LogP contribution in [0.15, 0.2) is 53.4 Å². The number of nitrogens with two attached hydrogens (primary N) is 1. The second kappa shape index (κ2) is 7.45. The van der Waals surface area contributed by atoms with Crippen LogP contribution < -0.4 is 15.8 Å². The zero-order chi connectivity index (χ0) is 18.6. The van der Waals surface area contributed by atoms with Gasteiger partial charge in [-0.25, -0.2) is 13.6 Å². The molecule has 0 fully saturated rings. The number of hydrogen-bond acceptors (Lipinski definition) is 4. The van der Waals surface area contributed by atoms with Crippen molar-refractivity contribution in [3.63, 3.8) is 0 Å². The quantitative estimate of drug-likeness (QED) is 0.756. The molecule has 0 heterocycles. The van der Waals surface area contributed by atoms with Crippen molar-refractivity contribution in [3.05, 3.63) is 54.1 Å². The molecule has 2 aromatic rings. The molecular weight excluding hydrogens is 342 g/mol. The number of primary sulfonamides is 1. The first-order chi connectivity index (χ1) is 11.7. The van der Waals surface area contributed by atoms with Gasteiger partial charge in [-0.15, -0.1) is 0 Å². The van der Waals surface area contributed by atoms with Crippen molar-refractivity contribution in [2.45, 2.75) is 18.7 Å². The van der Waals surface area contributed by atoms with Crippen molar-refractivity contribution >= 4 is 33.2 Å². The molecule has 0 spiro atoms. The number of sulfonamides is 1. The highest BCUT2D eigenvalue weighted by molar-refractivity contribution is 7.89. The molecule has 132 valence electrons. The van der Waals surface area contributed by atoms with Gasteiger partial charge in [0.2, 0.25) is 15.9 Å². The van der Waals surface area contributed by atoms with E-state index in [2.05, 4.69) is 10.6 Å². The lowest BCUT2D eigenvalue weighted by Crippen LogP contribution is -2.18. The Labute approximate surface area is 146 Å². The maximum atomic E-state index is 12.3. The number of hydrogen-bond donors (Lipinski definition) is 3. The van der Waals surface area contributed by atoms with Crippen LogP contribution in [0.3, 0.4) is 0 Å². The van der Waals surface area contributed by atoms with Crippen LogP contribution in [0.1, 0.15) is 24.2 Å². The number of carbonyl (C=O) groups excluding carboxylic acids is 2. The molecule has 0 saturated carbocycles. The fourth-order valence-corrected chi connectivity index (χ4v) is 2.47. The number of amides is 2. The lowest BCUT2D eigenvalue weighted by atomic mass is 10.1. The van der Waals surface area contributed by atoms with Crippen molar-refractivity contribution in [2.24, 2.45) is 11.1 Å². The highest BCUT2D eigenvalue weighted by atomic mass is 32.2. The predicted octanol–water partition coefficient (Wildman–Crippen LogP) is 2.18. The third-order valence-corrected chi connectivity index (χ3v) is 4.29. The van der Waals surface area contributed by atoms with E-state index in [4.69, 9.17) is 5.14 Å². The number of carbonyl (C=O) groups is 2. The highest BCUT2D eigenvalue weighted by Crippen LogP contribution is 2.16. The smallest absolute Gasteiger partial charge is 0.255 e. The largest absolute Gasteiger partial charge is 0.326 e. The van der Waals surface area contributed by atoms with Crippen LogP contribution in [-0.2, 0) is 14.8 Å². The minimum Gasteiger partial charge on any atom is -0.326 e. The molecule has 0 saturated heterocycles. The van der Waals surface area contributed by atoms with Gasteiger partial charge in [0, 0.05) is 22.9 Å². The first-order valence-corrected chi connectivity index (χ1v) is 9.06. The molecule has 0 aliphatic carbocycles. The summed E-state index contributed by atoms with van der Waals surface area (Å²) in [7, 11) is -3.78. The van der Waals surface area contributed by atoms with Gasteiger partial charge < -0.3 is 10.6 Å². The number of nitrogens with one attached hydrogen (secondary N) is 2. The van der Waals surface area contributed by atoms with Crippen molar-refractivity contribution in [3.8, 4) is 0 Å². The third-order valence-electron chi connectivity index (χ3n) is 3.36. The van der Waals surface area contributed by atoms with Crippen molar-refractivity contribution in [1.29, 1.82) is 0 Å². The van der Waals surface area contributed by atoms with E-state index in [1.165, 1.54) is 24.3 Å². The van der Waals surface area contributed by atoms with Crippen LogP contribution in [0.5, 0.6) is 0 Å². The van der Waals surface area contributed by atoms with Gasteiger partial charge in [-0.3, -0.25) is 9.59 Å². The minimum atomic E-state index is -3.78. The zero-order valence-corrected chi connectivity index (χ0v) is 14.6. The molecule has 7 nitrogen and oxygen atoms in total. The summed E-state index contributed by atoms with van der Waals surface area (Å²) in [5.74, 6) is -0.699. The normalized spacial score (nSPS) is 11.2. The fourth-order valence-electron chi connectivity index (χ4n) is 1.96. The first-order valence-electron chi connectivity index (χ1n) is 7.52. The van der Waals surface area contributed by atoms with E-state index in [9.17, 15) is 18.0 Å². The van der Waals surface area contributed by atoms with E-state index < -0.39 is 10.0 Å². The second-order valence-corrected chi connectivity index (χ2v) is 7.31. The average Bonchev–Trinajstić information content (AvgIpc) is 2.54. The maximum absolute atomic E-state index is 12.3. The second-order valence-electron chi connectivity index (χ2n) is 5.75. The minimum absolute atomic E-state index is 0.0381. The summed E-state index contributed by atoms with van der Waals surface area (Å²) in [5.41, 5.74) is 1.31. The van der Waals surface area contributed by atoms with Gasteiger partial charge in [-0.1, -0.05) is 19.9 Å². The van der Waals surface area contributed by atoms with Gasteiger partial charge in [0.05, 0.1) is 4.90 Å². The molecule has 2 amide bonds. The third kappa shape index (κ3) is 5.13. The predicted molar refractivity (Wildman–Crippen MR) is 95.7 cm³/mol. The Morgan fingerprint density at radius 3 is 2.16 bits per heavy atom. The number of rotatable bonds is 5. The molecule has 25 heavy (non-hydrogen) atoms. The van der Waals surface area contributed by atoms with Crippen LogP contribution in [0, 0.1) is 5.92 Å². The van der Waals surface area contributed by atoms with Gasteiger partial charge >= 0.3 is 0 Å². The molecule has 0 aliphatic rings. The van der Waals surface area contributed by atoms with Crippen LogP contribution in [0.4, 0.5) is 11.4 Å². The summed E-state index contributed by atoms with van der Waals surface area (Å²) in [4.78, 5) is 24.0. The van der Waals surface area contributed by atoms with Crippen molar-refractivity contribution in [2.75, 3.05) is 10.6 Å². The van der Waals surface area contributed by atoms with E-state index in [0.717, 1.165) is 0 Å². The lowest BCUT2D eigenvalue weighted by molar-refractivity contribution is -0.118. The van der Waals surface area contributed by atoms with Gasteiger partial charge in [0.15, 0.2) is 0 Å². The van der Waals surface area contributed by atoms with Gasteiger partial charge in [-0.2, -0.15) is 0 Å². The molecule has 2 rings (SSSR count). The van der Waals surface area contributed by atoms with E-state index in [1.54, 1.807) is 38.1 Å². The number of benzene rings is 2. The standard InChI is InChI=1S/C17H19N3O4S/c1-11(2)16(21)20-14-5-3-4-12(10-14)17(22)19-13-6-8-15(9-7-13)25(18,23)24/h3-11H,1-2H3,(H,19,22)(H,20,21)(H2,18,23,24). The van der Waals surface area contributed by atoms with Crippen LogP contribution in [0.2, 0.25) is 0 Å². The summed E-state index contributed by atoms with van der Waals surface area (Å²) in [6.07, 6.45) is 0. The molecule has 2 aromatic carbocycles. The van der Waals surface area contributed by atoms with Crippen molar-refractivity contribution < 1.29 is 18.0 Å². The molecule has 0 bridgehead atoms. The molecule has 8 heteroatoms. The molecule has 0 radical (unpaired) electrons. The molecule has 0 unspecified atom stereocenters. The van der Waals surface area contributed by atoms with E-state index in [-0.39, 0.29) is 22.6 Å². The Morgan fingerprint density at radius 1 is 0.960 bits per heavy atom. The fraction of sp³-hybridized carbons (Fsp3) is 0.176. The average molecular weight is 361 g/mol. The van der Waals surface area contributed by atoms with E-state index in [1.807, 2.05) is 0 Å². The summed E-state index contributed by atoms with van der Waals surface area (Å²) < 4.78 is 22.4. The Bertz CT molecular complexity index is 890. The molecule has 0 aromatic heterocycles. The zero-order valence-electron chi connectivity index (χ0n) is 13.8. The maximum Gasteiger partial charge on any atom is 0.255 e. The lowest BCUT2D eigenvalue weighted by Gasteiger charge is -2.10. The topological polar surface area (TPSA) is 118 Å². The van der Waals surface area contributed by atoms with Crippen LogP contribution in [0.25, 0.3) is 0 Å². The Morgan fingerprint density at radius 2 is 1.60 bits per heavy atom. The van der Waals surface area contributed by atoms with Gasteiger partial charge in [0.1, 0.15) is 0 Å². The Hall–Kier alpha value is -2.71. The van der Waals surface area contributed by atoms with Crippen LogP contribution >= 0.6 is 0 Å².